The topological polar surface area (TPSA) is 86.7 Å². The van der Waals surface area contributed by atoms with Crippen LogP contribution in [-0.2, 0) is 28.6 Å². The van der Waals surface area contributed by atoms with Gasteiger partial charge in [0.05, 0.1) is 23.0 Å². The van der Waals surface area contributed by atoms with Gasteiger partial charge in [0.2, 0.25) is 0 Å². The van der Waals surface area contributed by atoms with Crippen LogP contribution in [-0.4, -0.2) is 41.6 Å². The molecule has 0 fully saturated rings. The molecule has 0 spiro atoms. The minimum Gasteiger partial charge on any atom is -0.266 e. The van der Waals surface area contributed by atoms with Crippen molar-refractivity contribution in [2.45, 2.75) is 139 Å². The number of hydrogen-bond acceptors (Lipinski definition) is 8. The number of aryl methyl sites for hydroxylation is 2. The van der Waals surface area contributed by atoms with Crippen LogP contribution in [0.4, 0.5) is 0 Å². The third kappa shape index (κ3) is 19.7. The Hall–Kier alpha value is -1.04. The molecular weight excluding hydrogens is 657 g/mol. The van der Waals surface area contributed by atoms with Crippen molar-refractivity contribution in [2.24, 2.45) is 0 Å². The van der Waals surface area contributed by atoms with Gasteiger partial charge in [-0.1, -0.05) is 147 Å². The van der Waals surface area contributed by atoms with Crippen molar-refractivity contribution < 1.29 is 25.2 Å². The molecule has 10 heteroatoms. The molecule has 0 aromatic heterocycles. The Morgan fingerprint density at radius 1 is 0.413 bits per heavy atom. The van der Waals surface area contributed by atoms with E-state index >= 15 is 0 Å². The monoisotopic (exact) mass is 714 g/mol. The molecule has 0 aliphatic heterocycles. The van der Waals surface area contributed by atoms with Gasteiger partial charge in [-0.25, -0.2) is 0 Å². The number of hydrogen-bond donors (Lipinski definition) is 0. The summed E-state index contributed by atoms with van der Waals surface area (Å²) in [4.78, 5) is 0.469. The van der Waals surface area contributed by atoms with Gasteiger partial charge in [-0.05, 0) is 63.8 Å². The van der Waals surface area contributed by atoms with E-state index in [1.807, 2.05) is 35.4 Å². The molecule has 0 radical (unpaired) electrons. The first-order valence-corrected chi connectivity index (χ1v) is 22.7. The molecular formula is C36H58O6S4. The quantitative estimate of drug-likeness (QED) is 0.0467. The van der Waals surface area contributed by atoms with Gasteiger partial charge in [0.15, 0.2) is 0 Å². The van der Waals surface area contributed by atoms with E-state index in [1.54, 1.807) is 48.5 Å². The average molecular weight is 715 g/mol. The molecule has 6 nitrogen and oxygen atoms in total. The maximum Gasteiger partial charge on any atom is 0.296 e. The minimum absolute atomic E-state index is 0.235. The predicted octanol–water partition coefficient (Wildman–Crippen LogP) is 10.8. The van der Waals surface area contributed by atoms with E-state index in [0.717, 1.165) is 49.7 Å². The van der Waals surface area contributed by atoms with Crippen LogP contribution in [0, 0.1) is 13.8 Å². The highest BCUT2D eigenvalue weighted by Crippen LogP contribution is 2.25. The second kappa shape index (κ2) is 25.0. The third-order valence-electron chi connectivity index (χ3n) is 7.92. The Labute approximate surface area is 289 Å². The zero-order chi connectivity index (χ0) is 33.4. The molecule has 0 aliphatic carbocycles. The highest BCUT2D eigenvalue weighted by molar-refractivity contribution is 8.76. The molecule has 0 bridgehead atoms. The van der Waals surface area contributed by atoms with E-state index in [2.05, 4.69) is 0 Å². The Balaban J connectivity index is 1.24. The Morgan fingerprint density at radius 3 is 0.978 bits per heavy atom. The molecule has 2 rings (SSSR count). The molecule has 46 heavy (non-hydrogen) atoms. The van der Waals surface area contributed by atoms with Gasteiger partial charge in [-0.15, -0.1) is 0 Å². The van der Waals surface area contributed by atoms with E-state index in [4.69, 9.17) is 8.37 Å². The van der Waals surface area contributed by atoms with Crippen molar-refractivity contribution in [2.75, 3.05) is 24.7 Å². The van der Waals surface area contributed by atoms with Crippen molar-refractivity contribution in [3.8, 4) is 0 Å². The fourth-order valence-corrected chi connectivity index (χ4v) is 9.18. The van der Waals surface area contributed by atoms with Crippen LogP contribution >= 0.6 is 21.6 Å². The zero-order valence-corrected chi connectivity index (χ0v) is 31.5. The summed E-state index contributed by atoms with van der Waals surface area (Å²) in [7, 11) is -3.20. The lowest BCUT2D eigenvalue weighted by molar-refractivity contribution is 0.305. The van der Waals surface area contributed by atoms with Crippen LogP contribution in [0.2, 0.25) is 0 Å². The lowest BCUT2D eigenvalue weighted by Gasteiger charge is -2.06. The molecule has 262 valence electrons. The van der Waals surface area contributed by atoms with Crippen molar-refractivity contribution in [3.63, 3.8) is 0 Å². The molecule has 2 aromatic rings. The normalized spacial score (nSPS) is 12.1. The second-order valence-electron chi connectivity index (χ2n) is 12.2. The third-order valence-corrected chi connectivity index (χ3v) is 13.2. The Bertz CT molecular complexity index is 1150. The smallest absolute Gasteiger partial charge is 0.266 e. The van der Waals surface area contributed by atoms with Crippen LogP contribution in [0.25, 0.3) is 0 Å². The number of unbranched alkanes of at least 4 members (excludes halogenated alkanes) is 16. The molecule has 0 N–H and O–H groups in total. The summed E-state index contributed by atoms with van der Waals surface area (Å²) in [6.07, 6.45) is 21.3. The van der Waals surface area contributed by atoms with E-state index in [0.29, 0.717) is 0 Å². The molecule has 0 aliphatic rings. The summed E-state index contributed by atoms with van der Waals surface area (Å²) in [5.41, 5.74) is 2.06. The molecule has 0 saturated carbocycles. The van der Waals surface area contributed by atoms with Gasteiger partial charge in [-0.2, -0.15) is 16.8 Å². The SMILES string of the molecule is Cc1ccc(S(=O)(=O)OCCCCCCCCCCCSSCCCCCCCCCCCOS(=O)(=O)c2ccc(C)cc2)cc1. The highest BCUT2D eigenvalue weighted by Gasteiger charge is 2.15. The fraction of sp³-hybridized carbons (Fsp3) is 0.667. The van der Waals surface area contributed by atoms with Crippen LogP contribution < -0.4 is 0 Å². The second-order valence-corrected chi connectivity index (χ2v) is 18.1. The molecule has 0 atom stereocenters. The summed E-state index contributed by atoms with van der Waals surface area (Å²) >= 11 is 0. The summed E-state index contributed by atoms with van der Waals surface area (Å²) in [6, 6.07) is 13.6. The van der Waals surface area contributed by atoms with Crippen LogP contribution in [0.3, 0.4) is 0 Å². The average Bonchev–Trinajstić information content (AvgIpc) is 3.03. The van der Waals surface area contributed by atoms with Crippen LogP contribution in [0.15, 0.2) is 58.3 Å². The predicted molar refractivity (Wildman–Crippen MR) is 197 cm³/mol. The van der Waals surface area contributed by atoms with E-state index in [9.17, 15) is 16.8 Å². The zero-order valence-electron chi connectivity index (χ0n) is 28.3. The Kier molecular flexibility index (Phi) is 22.4. The summed E-state index contributed by atoms with van der Waals surface area (Å²) in [5, 5.41) is 0. The van der Waals surface area contributed by atoms with Gasteiger partial charge in [-0.3, -0.25) is 8.37 Å². The highest BCUT2D eigenvalue weighted by atomic mass is 33.1. The maximum atomic E-state index is 12.2. The lowest BCUT2D eigenvalue weighted by Crippen LogP contribution is -2.07. The molecule has 0 saturated heterocycles. The van der Waals surface area contributed by atoms with Crippen molar-refractivity contribution in [1.29, 1.82) is 0 Å². The van der Waals surface area contributed by atoms with Gasteiger partial charge < -0.3 is 0 Å². The number of benzene rings is 2. The van der Waals surface area contributed by atoms with Gasteiger partial charge in [0.25, 0.3) is 20.2 Å². The van der Waals surface area contributed by atoms with Crippen LogP contribution in [0.5, 0.6) is 0 Å². The lowest BCUT2D eigenvalue weighted by atomic mass is 10.1. The Morgan fingerprint density at radius 2 is 0.674 bits per heavy atom. The van der Waals surface area contributed by atoms with Crippen molar-refractivity contribution >= 4 is 41.8 Å². The molecule has 0 amide bonds. The van der Waals surface area contributed by atoms with E-state index < -0.39 is 20.2 Å². The molecule has 0 unspecified atom stereocenters. The first-order chi connectivity index (χ1) is 22.2. The van der Waals surface area contributed by atoms with Crippen LogP contribution in [0.1, 0.15) is 127 Å². The van der Waals surface area contributed by atoms with Crippen molar-refractivity contribution in [3.05, 3.63) is 59.7 Å². The van der Waals surface area contributed by atoms with Gasteiger partial charge in [0, 0.05) is 11.5 Å². The first-order valence-electron chi connectivity index (χ1n) is 17.4. The van der Waals surface area contributed by atoms with Gasteiger partial charge in [0.1, 0.15) is 0 Å². The summed E-state index contributed by atoms with van der Waals surface area (Å²) < 4.78 is 59.1. The summed E-state index contributed by atoms with van der Waals surface area (Å²) in [6.45, 7) is 4.39. The van der Waals surface area contributed by atoms with E-state index in [1.165, 1.54) is 88.6 Å². The standard InChI is InChI=1S/C36H58O6S4/c1-33-21-25-35(26-22-33)45(37,38)41-29-17-13-9-5-3-7-11-15-19-31-43-44-32-20-16-12-8-4-6-10-14-18-30-42-46(39,40)36-27-23-34(2)24-28-36/h21-28H,3-20,29-32H2,1-2H3. The van der Waals surface area contributed by atoms with E-state index in [-0.39, 0.29) is 23.0 Å². The maximum absolute atomic E-state index is 12.2. The largest absolute Gasteiger partial charge is 0.296 e. The van der Waals surface area contributed by atoms with Gasteiger partial charge >= 0.3 is 0 Å². The van der Waals surface area contributed by atoms with Crippen molar-refractivity contribution in [1.82, 2.24) is 0 Å². The summed E-state index contributed by atoms with van der Waals surface area (Å²) in [5.74, 6) is 2.50. The minimum atomic E-state index is -3.63. The fourth-order valence-electron chi connectivity index (χ4n) is 5.00. The number of rotatable bonds is 29. The molecule has 0 heterocycles. The molecule has 2 aromatic carbocycles. The first kappa shape index (κ1) is 41.1.